The summed E-state index contributed by atoms with van der Waals surface area (Å²) in [6.07, 6.45) is 1.11. The molecule has 0 unspecified atom stereocenters. The molecular weight excluding hydrogens is 306 g/mol. The zero-order valence-corrected chi connectivity index (χ0v) is 11.8. The van der Waals surface area contributed by atoms with E-state index in [1.807, 2.05) is 13.0 Å². The third kappa shape index (κ3) is 4.35. The molecule has 0 spiro atoms. The molecule has 1 aromatic heterocycles. The van der Waals surface area contributed by atoms with Gasteiger partial charge in [0.1, 0.15) is 5.84 Å². The molecule has 0 aliphatic carbocycles. The highest BCUT2D eigenvalue weighted by molar-refractivity contribution is 9.11. The quantitative estimate of drug-likeness (QED) is 0.255. The number of carbonyl (C=O) groups is 1. The number of rotatable bonds is 5. The van der Waals surface area contributed by atoms with E-state index in [2.05, 4.69) is 26.4 Å². The number of hydrogen-bond donors (Lipinski definition) is 3. The van der Waals surface area contributed by atoms with Gasteiger partial charge < -0.3 is 16.3 Å². The van der Waals surface area contributed by atoms with Gasteiger partial charge in [-0.1, -0.05) is 5.16 Å². The van der Waals surface area contributed by atoms with Gasteiger partial charge in [-0.3, -0.25) is 4.79 Å². The van der Waals surface area contributed by atoms with E-state index in [9.17, 15) is 4.79 Å². The average Bonchev–Trinajstić information content (AvgIpc) is 2.64. The number of nitrogens with zero attached hydrogens (tertiary/aromatic N) is 1. The summed E-state index contributed by atoms with van der Waals surface area (Å²) in [4.78, 5) is 12.4. The summed E-state index contributed by atoms with van der Waals surface area (Å²) in [7, 11) is 0. The Labute approximate surface area is 112 Å². The van der Waals surface area contributed by atoms with Crippen LogP contribution in [0.15, 0.2) is 15.0 Å². The Hall–Kier alpha value is -1.08. The van der Waals surface area contributed by atoms with Crippen molar-refractivity contribution in [3.05, 3.63) is 20.3 Å². The highest BCUT2D eigenvalue weighted by Gasteiger charge is 2.10. The fraction of sp³-hybridized carbons (Fsp3) is 0.400. The van der Waals surface area contributed by atoms with Crippen molar-refractivity contribution in [3.63, 3.8) is 0 Å². The lowest BCUT2D eigenvalue weighted by Gasteiger charge is -2.02. The number of nitrogens with two attached hydrogens (primary N) is 1. The average molecular weight is 320 g/mol. The highest BCUT2D eigenvalue weighted by Crippen LogP contribution is 2.27. The minimum atomic E-state index is -0.0942. The van der Waals surface area contributed by atoms with E-state index in [1.165, 1.54) is 11.3 Å². The molecule has 94 valence electrons. The summed E-state index contributed by atoms with van der Waals surface area (Å²) in [5, 5.41) is 14.0. The maximum Gasteiger partial charge on any atom is 0.261 e. The molecule has 0 fully saturated rings. The first-order valence-electron chi connectivity index (χ1n) is 5.05. The van der Waals surface area contributed by atoms with Crippen LogP contribution in [0.4, 0.5) is 0 Å². The third-order valence-electron chi connectivity index (χ3n) is 2.10. The van der Waals surface area contributed by atoms with Crippen LogP contribution in [0.3, 0.4) is 0 Å². The second-order valence-corrected chi connectivity index (χ2v) is 5.89. The Morgan fingerprint density at radius 3 is 2.94 bits per heavy atom. The Morgan fingerprint density at radius 2 is 2.41 bits per heavy atom. The number of amidine groups is 1. The predicted molar refractivity (Wildman–Crippen MR) is 71.7 cm³/mol. The smallest absolute Gasteiger partial charge is 0.261 e. The molecule has 1 heterocycles. The largest absolute Gasteiger partial charge is 0.409 e. The van der Waals surface area contributed by atoms with Gasteiger partial charge in [0.2, 0.25) is 0 Å². The zero-order valence-electron chi connectivity index (χ0n) is 9.36. The molecule has 0 atom stereocenters. The van der Waals surface area contributed by atoms with Crippen molar-refractivity contribution in [3.8, 4) is 0 Å². The van der Waals surface area contributed by atoms with Crippen molar-refractivity contribution in [2.24, 2.45) is 10.9 Å². The molecule has 0 bridgehead atoms. The molecule has 0 saturated carbocycles. The van der Waals surface area contributed by atoms with Crippen LogP contribution in [0.1, 0.15) is 28.1 Å². The molecule has 0 radical (unpaired) electrons. The Bertz CT molecular complexity index is 412. The van der Waals surface area contributed by atoms with E-state index in [1.54, 1.807) is 0 Å². The van der Waals surface area contributed by atoms with E-state index < -0.39 is 0 Å². The number of halogens is 1. The van der Waals surface area contributed by atoms with Crippen LogP contribution in [0, 0.1) is 6.92 Å². The molecule has 7 heteroatoms. The van der Waals surface area contributed by atoms with Crippen molar-refractivity contribution in [2.45, 2.75) is 19.8 Å². The Balaban J connectivity index is 2.35. The van der Waals surface area contributed by atoms with Crippen LogP contribution in [0.5, 0.6) is 0 Å². The van der Waals surface area contributed by atoms with E-state index in [0.717, 1.165) is 9.35 Å². The van der Waals surface area contributed by atoms with Gasteiger partial charge in [0.25, 0.3) is 5.91 Å². The topological polar surface area (TPSA) is 87.7 Å². The summed E-state index contributed by atoms with van der Waals surface area (Å²) in [5.74, 6) is 0.0808. The van der Waals surface area contributed by atoms with Gasteiger partial charge in [-0.2, -0.15) is 0 Å². The number of thiophene rings is 1. The number of amides is 1. The molecular formula is C10H14BrN3O2S. The predicted octanol–water partition coefficient (Wildman–Crippen LogP) is 2.08. The molecule has 1 amide bonds. The van der Waals surface area contributed by atoms with Crippen molar-refractivity contribution in [1.82, 2.24) is 5.32 Å². The number of hydrogen-bond acceptors (Lipinski definition) is 4. The number of aryl methyl sites for hydroxylation is 1. The maximum absolute atomic E-state index is 11.7. The van der Waals surface area contributed by atoms with Crippen LogP contribution in [0.2, 0.25) is 0 Å². The second kappa shape index (κ2) is 6.61. The van der Waals surface area contributed by atoms with Gasteiger partial charge in [0, 0.05) is 13.0 Å². The molecule has 1 rings (SSSR count). The molecule has 0 aliphatic heterocycles. The lowest BCUT2D eigenvalue weighted by atomic mass is 10.3. The summed E-state index contributed by atoms with van der Waals surface area (Å²) >= 11 is 4.78. The van der Waals surface area contributed by atoms with Gasteiger partial charge in [-0.15, -0.1) is 11.3 Å². The van der Waals surface area contributed by atoms with Crippen LogP contribution in [-0.4, -0.2) is 23.5 Å². The van der Waals surface area contributed by atoms with Crippen LogP contribution in [0.25, 0.3) is 0 Å². The maximum atomic E-state index is 11.7. The fourth-order valence-corrected chi connectivity index (χ4v) is 2.63. The highest BCUT2D eigenvalue weighted by atomic mass is 79.9. The molecule has 0 aromatic carbocycles. The zero-order chi connectivity index (χ0) is 12.8. The van der Waals surface area contributed by atoms with Crippen LogP contribution in [-0.2, 0) is 0 Å². The SMILES string of the molecule is Cc1cc(C(=O)NCCCC(N)=NO)sc1Br. The van der Waals surface area contributed by atoms with E-state index in [0.29, 0.717) is 24.3 Å². The number of oxime groups is 1. The lowest BCUT2D eigenvalue weighted by Crippen LogP contribution is -2.24. The van der Waals surface area contributed by atoms with Crippen molar-refractivity contribution in [1.29, 1.82) is 0 Å². The lowest BCUT2D eigenvalue weighted by molar-refractivity contribution is 0.0957. The minimum Gasteiger partial charge on any atom is -0.409 e. The number of nitrogens with one attached hydrogen (secondary N) is 1. The van der Waals surface area contributed by atoms with Crippen molar-refractivity contribution in [2.75, 3.05) is 6.54 Å². The van der Waals surface area contributed by atoms with E-state index >= 15 is 0 Å². The van der Waals surface area contributed by atoms with Crippen molar-refractivity contribution < 1.29 is 10.0 Å². The first-order chi connectivity index (χ1) is 8.04. The first kappa shape index (κ1) is 14.0. The monoisotopic (exact) mass is 319 g/mol. The van der Waals surface area contributed by atoms with Gasteiger partial charge in [-0.05, 0) is 40.9 Å². The van der Waals surface area contributed by atoms with Gasteiger partial charge in [-0.25, -0.2) is 0 Å². The molecule has 4 N–H and O–H groups in total. The Kier molecular flexibility index (Phi) is 5.43. The minimum absolute atomic E-state index is 0.0942. The molecule has 0 aliphatic rings. The van der Waals surface area contributed by atoms with Crippen LogP contribution >= 0.6 is 27.3 Å². The Morgan fingerprint density at radius 1 is 1.71 bits per heavy atom. The third-order valence-corrected chi connectivity index (χ3v) is 4.24. The van der Waals surface area contributed by atoms with E-state index in [-0.39, 0.29) is 11.7 Å². The molecule has 0 saturated heterocycles. The second-order valence-electron chi connectivity index (χ2n) is 3.52. The molecule has 1 aromatic rings. The van der Waals surface area contributed by atoms with Gasteiger partial charge in [0.15, 0.2) is 0 Å². The summed E-state index contributed by atoms with van der Waals surface area (Å²) < 4.78 is 0.972. The number of carbonyl (C=O) groups excluding carboxylic acids is 1. The van der Waals surface area contributed by atoms with Gasteiger partial charge >= 0.3 is 0 Å². The molecule has 5 nitrogen and oxygen atoms in total. The van der Waals surface area contributed by atoms with Gasteiger partial charge in [0.05, 0.1) is 8.66 Å². The summed E-state index contributed by atoms with van der Waals surface area (Å²) in [6, 6.07) is 1.84. The summed E-state index contributed by atoms with van der Waals surface area (Å²) in [6.45, 7) is 2.44. The standard InChI is InChI=1S/C10H14BrN3O2S/c1-6-5-7(17-9(6)11)10(15)13-4-2-3-8(12)14-16/h5,16H,2-4H2,1H3,(H2,12,14)(H,13,15). The van der Waals surface area contributed by atoms with Crippen molar-refractivity contribution >= 4 is 39.0 Å². The molecule has 17 heavy (non-hydrogen) atoms. The fourth-order valence-electron chi connectivity index (χ4n) is 1.18. The normalized spacial score (nSPS) is 11.5. The van der Waals surface area contributed by atoms with E-state index in [4.69, 9.17) is 10.9 Å². The summed E-state index contributed by atoms with van der Waals surface area (Å²) in [5.41, 5.74) is 6.36. The first-order valence-corrected chi connectivity index (χ1v) is 6.66. The van der Waals surface area contributed by atoms with Crippen LogP contribution < -0.4 is 11.1 Å².